The third-order valence-electron chi connectivity index (χ3n) is 14.4. The molecule has 3 aliphatic heterocycles. The zero-order chi connectivity index (χ0) is 44.4. The smallest absolute Gasteiger partial charge is 0.407 e. The molecule has 3 saturated heterocycles. The van der Waals surface area contributed by atoms with Gasteiger partial charge >= 0.3 is 24.0 Å². The maximum Gasteiger partial charge on any atom is 0.407 e. The van der Waals surface area contributed by atoms with Gasteiger partial charge in [0.1, 0.15) is 36.2 Å². The standard InChI is InChI=1S/C44H61FN2O14/c1-22(2)56-40(53)46-32(24(4)45)33(50)39(52)57-28-18-44(54)37(60-38(51)26-12-10-9-11-13-26)35-42(8,16-14-29-43(35,21-55-29)61-25(5)49)36-34(31(23(28)3)41(44,6)7)58-30(59-36)19-47-17-15-27(47)20-48/h9-13,22,24,27-30,32-37,48,50,54H,14-21H2,1-8H3,(H,46,53)/t24-,27-,28-,29+,30+,32-,33+,34+,35-,36+,37-,42+,43-,44+/m0/s1. The van der Waals surface area contributed by atoms with Gasteiger partial charge in [-0.25, -0.2) is 18.8 Å². The predicted molar refractivity (Wildman–Crippen MR) is 212 cm³/mol. The number of hydrogen-bond acceptors (Lipinski definition) is 15. The quantitative estimate of drug-likeness (QED) is 0.135. The van der Waals surface area contributed by atoms with E-state index in [1.165, 1.54) is 6.92 Å². The lowest BCUT2D eigenvalue weighted by Gasteiger charge is -2.68. The molecule has 3 aliphatic carbocycles. The van der Waals surface area contributed by atoms with Crippen molar-refractivity contribution in [3.05, 3.63) is 47.0 Å². The minimum absolute atomic E-state index is 0.0418. The molecule has 61 heavy (non-hydrogen) atoms. The molecule has 1 aromatic rings. The van der Waals surface area contributed by atoms with Crippen LogP contribution >= 0.6 is 0 Å². The number of fused-ring (bicyclic) bond motifs is 8. The summed E-state index contributed by atoms with van der Waals surface area (Å²) in [6, 6.07) is 6.42. The normalized spacial score (nSPS) is 37.8. The summed E-state index contributed by atoms with van der Waals surface area (Å²) < 4.78 is 59.0. The van der Waals surface area contributed by atoms with Crippen LogP contribution in [0.25, 0.3) is 0 Å². The first kappa shape index (κ1) is 45.3. The van der Waals surface area contributed by atoms with Crippen LogP contribution in [-0.2, 0) is 42.7 Å². The highest BCUT2D eigenvalue weighted by Gasteiger charge is 2.77. The maximum atomic E-state index is 15.0. The molecule has 0 radical (unpaired) electrons. The summed E-state index contributed by atoms with van der Waals surface area (Å²) in [6.45, 7) is 13.7. The number of carbonyl (C=O) groups is 4. The second kappa shape index (κ2) is 16.8. The van der Waals surface area contributed by atoms with Crippen molar-refractivity contribution in [2.24, 2.45) is 16.7 Å². The number of alkyl carbamates (subject to hydrolysis) is 1. The van der Waals surface area contributed by atoms with Crippen LogP contribution in [-0.4, -0.2) is 149 Å². The maximum absolute atomic E-state index is 15.0. The molecule has 14 atom stereocenters. The Hall–Kier alpha value is -3.71. The monoisotopic (exact) mass is 860 g/mol. The summed E-state index contributed by atoms with van der Waals surface area (Å²) in [5.74, 6) is -3.66. The number of carbonyl (C=O) groups excluding carboxylic acids is 4. The second-order valence-corrected chi connectivity index (χ2v) is 18.7. The van der Waals surface area contributed by atoms with Crippen LogP contribution in [0.4, 0.5) is 9.18 Å². The molecule has 3 heterocycles. The lowest BCUT2D eigenvalue weighted by Crippen LogP contribution is -2.79. The van der Waals surface area contributed by atoms with Crippen molar-refractivity contribution in [2.75, 3.05) is 26.3 Å². The van der Waals surface area contributed by atoms with E-state index in [4.69, 9.17) is 33.2 Å². The van der Waals surface area contributed by atoms with E-state index in [9.17, 15) is 34.5 Å². The Bertz CT molecular complexity index is 1880. The largest absolute Gasteiger partial charge is 0.456 e. The fourth-order valence-corrected chi connectivity index (χ4v) is 11.1. The van der Waals surface area contributed by atoms with Gasteiger partial charge in [0.05, 0.1) is 42.9 Å². The van der Waals surface area contributed by atoms with Gasteiger partial charge in [0.25, 0.3) is 0 Å². The average molecular weight is 861 g/mol. The van der Waals surface area contributed by atoms with E-state index in [0.717, 1.165) is 13.3 Å². The Morgan fingerprint density at radius 3 is 2.33 bits per heavy atom. The molecule has 2 bridgehead atoms. The van der Waals surface area contributed by atoms with E-state index >= 15 is 4.39 Å². The summed E-state index contributed by atoms with van der Waals surface area (Å²) in [5, 5.41) is 37.3. The predicted octanol–water partition coefficient (Wildman–Crippen LogP) is 3.13. The van der Waals surface area contributed by atoms with Gasteiger partial charge in [-0.3, -0.25) is 9.69 Å². The van der Waals surface area contributed by atoms with Crippen molar-refractivity contribution in [2.45, 2.75) is 160 Å². The van der Waals surface area contributed by atoms with Crippen molar-refractivity contribution >= 4 is 24.0 Å². The van der Waals surface area contributed by atoms with Crippen LogP contribution in [0.1, 0.15) is 91.4 Å². The molecule has 1 aromatic carbocycles. The molecular formula is C44H61FN2O14. The molecule has 17 heteroatoms. The highest BCUT2D eigenvalue weighted by Crippen LogP contribution is 2.66. The SMILES string of the molecule is CC(=O)O[C@@]12CO[C@@H]1CC[C@@]1(C)[C@@H]3O[C@H](CN4CC[C@H]4CO)O[C@@H]3C3=C(C)[C@@H](OC(=O)[C@H](O)[C@@H](NC(=O)OC(C)C)[C@H](C)F)C[C@@](O)([C@@H](OC(=O)c4ccccc4)[C@@H]12)C3(C)C. The lowest BCUT2D eigenvalue weighted by atomic mass is 9.45. The molecule has 4 N–H and O–H groups in total. The van der Waals surface area contributed by atoms with Gasteiger partial charge in [-0.1, -0.05) is 39.0 Å². The average Bonchev–Trinajstić information content (AvgIpc) is 3.59. The van der Waals surface area contributed by atoms with Crippen molar-refractivity contribution in [3.8, 4) is 0 Å². The van der Waals surface area contributed by atoms with Gasteiger partial charge in [0.2, 0.25) is 0 Å². The Kier molecular flexibility index (Phi) is 12.5. The van der Waals surface area contributed by atoms with E-state index < -0.39 is 113 Å². The number of alkyl halides is 1. The Morgan fingerprint density at radius 2 is 1.75 bits per heavy atom. The number of aliphatic hydroxyl groups excluding tert-OH is 2. The molecule has 0 aromatic heterocycles. The zero-order valence-electron chi connectivity index (χ0n) is 36.1. The highest BCUT2D eigenvalue weighted by molar-refractivity contribution is 5.89. The van der Waals surface area contributed by atoms with Crippen LogP contribution in [0, 0.1) is 16.7 Å². The number of amides is 1. The number of likely N-dealkylation sites (tertiary alicyclic amines) is 1. The fraction of sp³-hybridized carbons (Fsp3) is 0.727. The van der Waals surface area contributed by atoms with Gasteiger partial charge in [-0.15, -0.1) is 0 Å². The summed E-state index contributed by atoms with van der Waals surface area (Å²) in [4.78, 5) is 56.0. The number of nitrogens with one attached hydrogen (secondary N) is 1. The molecule has 6 aliphatic rings. The van der Waals surface area contributed by atoms with Gasteiger partial charge in [-0.05, 0) is 70.2 Å². The molecule has 0 unspecified atom stereocenters. The number of rotatable bonds is 12. The molecule has 7 rings (SSSR count). The molecule has 0 spiro atoms. The molecule has 5 fully saturated rings. The fourth-order valence-electron chi connectivity index (χ4n) is 11.1. The van der Waals surface area contributed by atoms with Crippen LogP contribution in [0.15, 0.2) is 41.5 Å². The van der Waals surface area contributed by atoms with Gasteiger partial charge in [-0.2, -0.15) is 0 Å². The summed E-state index contributed by atoms with van der Waals surface area (Å²) in [6.07, 6.45) is -10.5. The van der Waals surface area contributed by atoms with Crippen molar-refractivity contribution in [1.29, 1.82) is 0 Å². The lowest BCUT2D eigenvalue weighted by molar-refractivity contribution is -0.345. The van der Waals surface area contributed by atoms with Crippen LogP contribution < -0.4 is 5.32 Å². The first-order chi connectivity index (χ1) is 28.7. The van der Waals surface area contributed by atoms with E-state index in [0.29, 0.717) is 37.1 Å². The highest BCUT2D eigenvalue weighted by atomic mass is 19.1. The number of esters is 3. The van der Waals surface area contributed by atoms with Crippen LogP contribution in [0.5, 0.6) is 0 Å². The number of halogens is 1. The molecule has 338 valence electrons. The van der Waals surface area contributed by atoms with Gasteiger partial charge < -0.3 is 53.8 Å². The van der Waals surface area contributed by atoms with Crippen molar-refractivity contribution < 1.29 is 72.0 Å². The minimum Gasteiger partial charge on any atom is -0.456 e. The number of aliphatic hydroxyl groups is 3. The first-order valence-corrected chi connectivity index (χ1v) is 21.3. The Balaban J connectivity index is 1.38. The van der Waals surface area contributed by atoms with Crippen LogP contribution in [0.3, 0.4) is 0 Å². The third-order valence-corrected chi connectivity index (χ3v) is 14.4. The molecular weight excluding hydrogens is 799 g/mol. The molecule has 16 nitrogen and oxygen atoms in total. The van der Waals surface area contributed by atoms with Crippen LogP contribution in [0.2, 0.25) is 0 Å². The number of nitrogens with zero attached hydrogens (tertiary/aromatic N) is 1. The summed E-state index contributed by atoms with van der Waals surface area (Å²) in [5.41, 5.74) is -4.74. The van der Waals surface area contributed by atoms with Crippen molar-refractivity contribution in [3.63, 3.8) is 0 Å². The van der Waals surface area contributed by atoms with E-state index in [1.54, 1.807) is 65.0 Å². The molecule has 1 amide bonds. The molecule has 2 saturated carbocycles. The van der Waals surface area contributed by atoms with Crippen molar-refractivity contribution in [1.82, 2.24) is 10.2 Å². The van der Waals surface area contributed by atoms with E-state index in [2.05, 4.69) is 10.2 Å². The summed E-state index contributed by atoms with van der Waals surface area (Å²) >= 11 is 0. The zero-order valence-corrected chi connectivity index (χ0v) is 36.1. The van der Waals surface area contributed by atoms with E-state index in [-0.39, 0.29) is 31.2 Å². The third kappa shape index (κ3) is 7.75. The number of hydrogen-bond donors (Lipinski definition) is 4. The minimum atomic E-state index is -2.21. The first-order valence-electron chi connectivity index (χ1n) is 21.3. The van der Waals surface area contributed by atoms with Gasteiger partial charge in [0, 0.05) is 43.3 Å². The number of ether oxygens (including phenoxy) is 7. The van der Waals surface area contributed by atoms with Gasteiger partial charge in [0.15, 0.2) is 18.0 Å². The van der Waals surface area contributed by atoms with E-state index in [1.807, 2.05) is 6.92 Å². The summed E-state index contributed by atoms with van der Waals surface area (Å²) in [7, 11) is 0. The Labute approximate surface area is 355 Å². The number of benzene rings is 1. The second-order valence-electron chi connectivity index (χ2n) is 18.7. The Morgan fingerprint density at radius 1 is 1.05 bits per heavy atom. The topological polar surface area (TPSA) is 209 Å².